The van der Waals surface area contributed by atoms with Crippen molar-refractivity contribution in [3.05, 3.63) is 54.3 Å². The average Bonchev–Trinajstić information content (AvgIpc) is 2.50. The maximum Gasteiger partial charge on any atom is 0.335 e. The lowest BCUT2D eigenvalue weighted by Crippen LogP contribution is -2.01. The normalized spacial score (nSPS) is 10.9. The number of carboxylic acid groups (broad SMARTS) is 1. The van der Waals surface area contributed by atoms with Gasteiger partial charge in [-0.3, -0.25) is 0 Å². The van der Waals surface area contributed by atoms with E-state index in [1.165, 1.54) is 0 Å². The van der Waals surface area contributed by atoms with Gasteiger partial charge in [-0.05, 0) is 42.0 Å². The number of fused-ring (bicyclic) bond motifs is 1. The molecule has 0 bridgehead atoms. The van der Waals surface area contributed by atoms with Crippen LogP contribution in [-0.2, 0) is 4.74 Å². The lowest BCUT2D eigenvalue weighted by Gasteiger charge is -2.07. The van der Waals surface area contributed by atoms with Crippen LogP contribution < -0.4 is 4.74 Å². The highest BCUT2D eigenvalue weighted by molar-refractivity contribution is 5.94. The van der Waals surface area contributed by atoms with E-state index >= 15 is 0 Å². The first-order chi connectivity index (χ1) is 10.2. The Bertz CT molecular complexity index is 646. The zero-order valence-corrected chi connectivity index (χ0v) is 11.9. The number of benzene rings is 2. The molecule has 2 aromatic carbocycles. The maximum atomic E-state index is 10.9. The van der Waals surface area contributed by atoms with Crippen LogP contribution in [0, 0.1) is 0 Å². The summed E-state index contributed by atoms with van der Waals surface area (Å²) in [6.07, 6.45) is 4.31. The maximum absolute atomic E-state index is 10.9. The summed E-state index contributed by atoms with van der Waals surface area (Å²) in [7, 11) is 0. The second-order valence-electron chi connectivity index (χ2n) is 4.57. The lowest BCUT2D eigenvalue weighted by atomic mass is 10.1. The molecular formula is C17H18O4. The van der Waals surface area contributed by atoms with Crippen LogP contribution in [-0.4, -0.2) is 24.3 Å². The summed E-state index contributed by atoms with van der Waals surface area (Å²) in [6.45, 7) is 3.11. The number of aromatic carboxylic acids is 1. The molecule has 0 heterocycles. The molecule has 0 aliphatic heterocycles. The van der Waals surface area contributed by atoms with Crippen LogP contribution in [0.25, 0.3) is 10.8 Å². The third kappa shape index (κ3) is 4.24. The van der Waals surface area contributed by atoms with Gasteiger partial charge in [-0.1, -0.05) is 18.2 Å². The molecule has 0 spiro atoms. The molecular weight excluding hydrogens is 268 g/mol. The van der Waals surface area contributed by atoms with Crippen molar-refractivity contribution < 1.29 is 19.4 Å². The van der Waals surface area contributed by atoms with E-state index in [1.807, 2.05) is 31.2 Å². The van der Waals surface area contributed by atoms with Crippen molar-refractivity contribution in [1.29, 1.82) is 0 Å². The monoisotopic (exact) mass is 286 g/mol. The van der Waals surface area contributed by atoms with Crippen LogP contribution in [0.2, 0.25) is 0 Å². The number of allylic oxidation sites excluding steroid dienone is 1. The van der Waals surface area contributed by atoms with Gasteiger partial charge in [-0.2, -0.15) is 0 Å². The molecule has 0 aromatic heterocycles. The molecule has 0 aliphatic carbocycles. The van der Waals surface area contributed by atoms with Crippen molar-refractivity contribution in [3.8, 4) is 5.75 Å². The Kier molecular flexibility index (Phi) is 5.21. The number of ether oxygens (including phenoxy) is 2. The van der Waals surface area contributed by atoms with E-state index in [0.29, 0.717) is 13.2 Å². The Hall–Kier alpha value is -2.49. The van der Waals surface area contributed by atoms with Crippen LogP contribution in [0.4, 0.5) is 0 Å². The van der Waals surface area contributed by atoms with Gasteiger partial charge < -0.3 is 14.6 Å². The third-order valence-corrected chi connectivity index (χ3v) is 2.97. The van der Waals surface area contributed by atoms with E-state index in [1.54, 1.807) is 24.5 Å². The highest BCUT2D eigenvalue weighted by Crippen LogP contribution is 2.22. The van der Waals surface area contributed by atoms with Crippen LogP contribution in [0.1, 0.15) is 23.7 Å². The molecule has 0 saturated heterocycles. The first-order valence-corrected chi connectivity index (χ1v) is 6.83. The minimum atomic E-state index is -0.918. The van der Waals surface area contributed by atoms with Gasteiger partial charge in [0.1, 0.15) is 5.75 Å². The summed E-state index contributed by atoms with van der Waals surface area (Å²) in [5.74, 6) is -0.144. The van der Waals surface area contributed by atoms with E-state index in [2.05, 4.69) is 0 Å². The molecule has 2 rings (SSSR count). The smallest absolute Gasteiger partial charge is 0.335 e. The van der Waals surface area contributed by atoms with Crippen LogP contribution in [0.3, 0.4) is 0 Å². The first kappa shape index (κ1) is 14.9. The Morgan fingerprint density at radius 3 is 2.67 bits per heavy atom. The van der Waals surface area contributed by atoms with Crippen molar-refractivity contribution in [3.63, 3.8) is 0 Å². The molecule has 4 heteroatoms. The molecule has 4 nitrogen and oxygen atoms in total. The van der Waals surface area contributed by atoms with Crippen molar-refractivity contribution >= 4 is 16.7 Å². The van der Waals surface area contributed by atoms with Gasteiger partial charge in [0.25, 0.3) is 0 Å². The van der Waals surface area contributed by atoms with Crippen LogP contribution in [0.5, 0.6) is 5.75 Å². The summed E-state index contributed by atoms with van der Waals surface area (Å²) >= 11 is 0. The Labute approximate surface area is 123 Å². The van der Waals surface area contributed by atoms with Gasteiger partial charge in [-0.25, -0.2) is 4.79 Å². The zero-order valence-electron chi connectivity index (χ0n) is 11.9. The van der Waals surface area contributed by atoms with Crippen molar-refractivity contribution in [2.24, 2.45) is 0 Å². The van der Waals surface area contributed by atoms with E-state index in [9.17, 15) is 4.79 Å². The second kappa shape index (κ2) is 7.33. The van der Waals surface area contributed by atoms with Gasteiger partial charge in [0.05, 0.1) is 25.0 Å². The number of carbonyl (C=O) groups is 1. The largest absolute Gasteiger partial charge is 0.501 e. The fraction of sp³-hybridized carbons (Fsp3) is 0.235. The van der Waals surface area contributed by atoms with Crippen molar-refractivity contribution in [2.45, 2.75) is 13.3 Å². The Balaban J connectivity index is 1.96. The van der Waals surface area contributed by atoms with Gasteiger partial charge in [-0.15, -0.1) is 0 Å². The molecule has 0 saturated carbocycles. The van der Waals surface area contributed by atoms with Gasteiger partial charge >= 0.3 is 5.97 Å². The Morgan fingerprint density at radius 1 is 1.14 bits per heavy atom. The van der Waals surface area contributed by atoms with E-state index < -0.39 is 5.97 Å². The molecule has 2 aromatic rings. The number of hydrogen-bond donors (Lipinski definition) is 1. The Morgan fingerprint density at radius 2 is 1.90 bits per heavy atom. The predicted molar refractivity (Wildman–Crippen MR) is 81.8 cm³/mol. The van der Waals surface area contributed by atoms with Crippen molar-refractivity contribution in [2.75, 3.05) is 13.2 Å². The molecule has 0 radical (unpaired) electrons. The lowest BCUT2D eigenvalue weighted by molar-refractivity contribution is 0.0697. The molecule has 21 heavy (non-hydrogen) atoms. The molecule has 0 amide bonds. The highest BCUT2D eigenvalue weighted by atomic mass is 16.5. The van der Waals surface area contributed by atoms with Crippen molar-refractivity contribution in [1.82, 2.24) is 0 Å². The minimum Gasteiger partial charge on any atom is -0.501 e. The average molecular weight is 286 g/mol. The highest BCUT2D eigenvalue weighted by Gasteiger charge is 2.04. The van der Waals surface area contributed by atoms with Crippen LogP contribution in [0.15, 0.2) is 48.7 Å². The van der Waals surface area contributed by atoms with Gasteiger partial charge in [0.15, 0.2) is 0 Å². The SMILES string of the molecule is CC=COCCCOc1ccc2cc(C(=O)O)ccc2c1. The molecule has 1 N–H and O–H groups in total. The second-order valence-corrected chi connectivity index (χ2v) is 4.57. The number of rotatable bonds is 7. The first-order valence-electron chi connectivity index (χ1n) is 6.83. The molecule has 0 atom stereocenters. The fourth-order valence-electron chi connectivity index (χ4n) is 1.94. The quantitative estimate of drug-likeness (QED) is 0.620. The standard InChI is InChI=1S/C17H18O4/c1-2-8-20-9-3-10-21-16-7-6-13-11-15(17(18)19)5-4-14(13)12-16/h2,4-8,11-12H,3,9-10H2,1H3,(H,18,19). The molecule has 0 aliphatic rings. The fourth-order valence-corrected chi connectivity index (χ4v) is 1.94. The summed E-state index contributed by atoms with van der Waals surface area (Å²) in [5.41, 5.74) is 0.289. The molecule has 110 valence electrons. The van der Waals surface area contributed by atoms with Gasteiger partial charge in [0, 0.05) is 6.42 Å². The topological polar surface area (TPSA) is 55.8 Å². The summed E-state index contributed by atoms with van der Waals surface area (Å²) in [4.78, 5) is 10.9. The van der Waals surface area contributed by atoms with Crippen LogP contribution >= 0.6 is 0 Å². The number of carboxylic acids is 1. The zero-order chi connectivity index (χ0) is 15.1. The number of hydrogen-bond acceptors (Lipinski definition) is 3. The van der Waals surface area contributed by atoms with E-state index in [0.717, 1.165) is 22.9 Å². The summed E-state index contributed by atoms with van der Waals surface area (Å²) in [6, 6.07) is 10.7. The predicted octanol–water partition coefficient (Wildman–Crippen LogP) is 3.86. The van der Waals surface area contributed by atoms with E-state index in [4.69, 9.17) is 14.6 Å². The minimum absolute atomic E-state index is 0.289. The van der Waals surface area contributed by atoms with Gasteiger partial charge in [0.2, 0.25) is 0 Å². The third-order valence-electron chi connectivity index (χ3n) is 2.97. The summed E-state index contributed by atoms with van der Waals surface area (Å²) < 4.78 is 10.9. The van der Waals surface area contributed by atoms with E-state index in [-0.39, 0.29) is 5.56 Å². The molecule has 0 fully saturated rings. The molecule has 0 unspecified atom stereocenters. The summed E-state index contributed by atoms with van der Waals surface area (Å²) in [5, 5.41) is 10.8.